The minimum Gasteiger partial charge on any atom is -0.368 e. The molecule has 34 heavy (non-hydrogen) atoms. The van der Waals surface area contributed by atoms with E-state index in [9.17, 15) is 14.0 Å². The molecule has 4 N–H and O–H groups in total. The van der Waals surface area contributed by atoms with Gasteiger partial charge in [-0.2, -0.15) is 4.98 Å². The number of amides is 2. The summed E-state index contributed by atoms with van der Waals surface area (Å²) in [6.07, 6.45) is 1.51. The monoisotopic (exact) mass is 454 g/mol. The summed E-state index contributed by atoms with van der Waals surface area (Å²) in [5, 5.41) is 7.71. The summed E-state index contributed by atoms with van der Waals surface area (Å²) in [6, 6.07) is 18.2. The van der Waals surface area contributed by atoms with E-state index in [1.54, 1.807) is 19.2 Å². The van der Waals surface area contributed by atoms with Crippen molar-refractivity contribution in [2.24, 2.45) is 7.05 Å². The maximum atomic E-state index is 14.6. The van der Waals surface area contributed by atoms with E-state index in [4.69, 9.17) is 5.73 Å². The third kappa shape index (κ3) is 3.79. The van der Waals surface area contributed by atoms with Crippen molar-refractivity contribution >= 4 is 45.2 Å². The van der Waals surface area contributed by atoms with Crippen molar-refractivity contribution in [2.75, 3.05) is 16.4 Å². The molecule has 0 bridgehead atoms. The fraction of sp³-hybridized carbons (Fsp3) is 0.0400. The minimum atomic E-state index is -0.634. The number of urea groups is 1. The quantitative estimate of drug-likeness (QED) is 0.371. The van der Waals surface area contributed by atoms with E-state index in [-0.39, 0.29) is 17.2 Å². The summed E-state index contributed by atoms with van der Waals surface area (Å²) in [5.41, 5.74) is 6.94. The van der Waals surface area contributed by atoms with Gasteiger partial charge in [0.2, 0.25) is 5.95 Å². The van der Waals surface area contributed by atoms with E-state index in [1.807, 2.05) is 36.4 Å². The number of aromatic nitrogens is 3. The fourth-order valence-corrected chi connectivity index (χ4v) is 3.87. The highest BCUT2D eigenvalue weighted by Crippen LogP contribution is 2.26. The van der Waals surface area contributed by atoms with Crippen LogP contribution in [-0.4, -0.2) is 20.6 Å². The predicted octanol–water partition coefficient (Wildman–Crippen LogP) is 4.51. The van der Waals surface area contributed by atoms with Crippen molar-refractivity contribution in [3.63, 3.8) is 0 Å². The summed E-state index contributed by atoms with van der Waals surface area (Å²) < 4.78 is 15.9. The highest BCUT2D eigenvalue weighted by molar-refractivity contribution is 6.06. The van der Waals surface area contributed by atoms with Crippen molar-refractivity contribution in [1.82, 2.24) is 14.5 Å². The molecule has 0 spiro atoms. The molecule has 9 heteroatoms. The molecule has 2 aromatic heterocycles. The van der Waals surface area contributed by atoms with Gasteiger partial charge < -0.3 is 16.4 Å². The van der Waals surface area contributed by atoms with Crippen molar-refractivity contribution in [3.05, 3.63) is 89.1 Å². The molecule has 168 valence electrons. The number of aryl methyl sites for hydroxylation is 1. The van der Waals surface area contributed by atoms with Crippen LogP contribution in [0.4, 0.5) is 26.5 Å². The van der Waals surface area contributed by atoms with Crippen molar-refractivity contribution in [1.29, 1.82) is 0 Å². The number of nitrogen functional groups attached to an aromatic ring is 1. The first kappa shape index (κ1) is 21.1. The molecule has 3 aromatic carbocycles. The molecule has 0 aliphatic carbocycles. The van der Waals surface area contributed by atoms with E-state index < -0.39 is 11.8 Å². The number of rotatable bonds is 3. The molecular formula is C25H19FN6O2. The van der Waals surface area contributed by atoms with E-state index in [2.05, 4.69) is 20.6 Å². The molecule has 0 saturated carbocycles. The third-order valence-electron chi connectivity index (χ3n) is 5.53. The molecule has 5 aromatic rings. The lowest BCUT2D eigenvalue weighted by atomic mass is 10.1. The summed E-state index contributed by atoms with van der Waals surface area (Å²) >= 11 is 0. The summed E-state index contributed by atoms with van der Waals surface area (Å²) in [4.78, 5) is 33.7. The molecule has 0 radical (unpaired) electrons. The molecule has 2 heterocycles. The van der Waals surface area contributed by atoms with Gasteiger partial charge in [-0.1, -0.05) is 42.5 Å². The second-order valence-electron chi connectivity index (χ2n) is 7.73. The van der Waals surface area contributed by atoms with Crippen LogP contribution in [-0.2, 0) is 7.05 Å². The number of carbonyl (C=O) groups is 1. The molecule has 0 saturated heterocycles. The van der Waals surface area contributed by atoms with Crippen LogP contribution >= 0.6 is 0 Å². The van der Waals surface area contributed by atoms with Gasteiger partial charge in [-0.15, -0.1) is 0 Å². The lowest BCUT2D eigenvalue weighted by Gasteiger charge is -2.13. The summed E-state index contributed by atoms with van der Waals surface area (Å²) in [5.74, 6) is -0.578. The first-order chi connectivity index (χ1) is 16.4. The van der Waals surface area contributed by atoms with E-state index >= 15 is 0 Å². The lowest BCUT2D eigenvalue weighted by Crippen LogP contribution is -2.21. The highest BCUT2D eigenvalue weighted by atomic mass is 19.1. The van der Waals surface area contributed by atoms with Crippen molar-refractivity contribution in [2.45, 2.75) is 0 Å². The van der Waals surface area contributed by atoms with Crippen LogP contribution in [0.3, 0.4) is 0 Å². The average Bonchev–Trinajstić information content (AvgIpc) is 2.83. The molecule has 0 fully saturated rings. The zero-order valence-electron chi connectivity index (χ0n) is 18.0. The molecular weight excluding hydrogens is 435 g/mol. The second-order valence-corrected chi connectivity index (χ2v) is 7.73. The maximum Gasteiger partial charge on any atom is 0.323 e. The number of halogens is 1. The Kier molecular flexibility index (Phi) is 5.14. The zero-order valence-corrected chi connectivity index (χ0v) is 18.0. The highest BCUT2D eigenvalue weighted by Gasteiger charge is 2.14. The maximum absolute atomic E-state index is 14.6. The second kappa shape index (κ2) is 8.28. The van der Waals surface area contributed by atoms with Crippen molar-refractivity contribution < 1.29 is 9.18 Å². The van der Waals surface area contributed by atoms with Gasteiger partial charge in [-0.05, 0) is 35.2 Å². The molecule has 0 aliphatic rings. The number of benzene rings is 3. The SMILES string of the molecule is Cn1c(=O)c(-c2ccc(F)c(NC(=O)Nc3cccc4ccccc34)c2)cc2cnc(N)nc21. The van der Waals surface area contributed by atoms with E-state index in [0.717, 1.165) is 10.8 Å². The Morgan fingerprint density at radius 1 is 0.971 bits per heavy atom. The van der Waals surface area contributed by atoms with Crippen LogP contribution in [0.1, 0.15) is 0 Å². The molecule has 8 nitrogen and oxygen atoms in total. The predicted molar refractivity (Wildman–Crippen MR) is 131 cm³/mol. The Labute approximate surface area is 192 Å². The first-order valence-corrected chi connectivity index (χ1v) is 10.4. The molecule has 0 aliphatic heterocycles. The largest absolute Gasteiger partial charge is 0.368 e. The Morgan fingerprint density at radius 3 is 2.59 bits per heavy atom. The normalized spacial score (nSPS) is 11.0. The fourth-order valence-electron chi connectivity index (χ4n) is 3.87. The van der Waals surface area contributed by atoms with Crippen LogP contribution in [0.15, 0.2) is 77.7 Å². The van der Waals surface area contributed by atoms with Gasteiger partial charge in [-0.25, -0.2) is 14.2 Å². The summed E-state index contributed by atoms with van der Waals surface area (Å²) in [7, 11) is 1.57. The molecule has 0 atom stereocenters. The Hall–Kier alpha value is -4.79. The van der Waals surface area contributed by atoms with Crippen LogP contribution < -0.4 is 21.9 Å². The van der Waals surface area contributed by atoms with Gasteiger partial charge in [-0.3, -0.25) is 9.36 Å². The Balaban J connectivity index is 1.48. The number of hydrogen-bond donors (Lipinski definition) is 3. The van der Waals surface area contributed by atoms with Gasteiger partial charge >= 0.3 is 6.03 Å². The zero-order chi connectivity index (χ0) is 23.8. The van der Waals surface area contributed by atoms with Gasteiger partial charge in [0.05, 0.1) is 11.4 Å². The van der Waals surface area contributed by atoms with Gasteiger partial charge in [0.15, 0.2) is 0 Å². The number of pyridine rings is 1. The molecule has 0 unspecified atom stereocenters. The van der Waals surface area contributed by atoms with Crippen LogP contribution in [0, 0.1) is 5.82 Å². The number of carbonyl (C=O) groups excluding carboxylic acids is 1. The first-order valence-electron chi connectivity index (χ1n) is 10.4. The topological polar surface area (TPSA) is 115 Å². The van der Waals surface area contributed by atoms with E-state index in [1.165, 1.54) is 29.0 Å². The van der Waals surface area contributed by atoms with Crippen LogP contribution in [0.5, 0.6) is 0 Å². The number of nitrogens with one attached hydrogen (secondary N) is 2. The Morgan fingerprint density at radius 2 is 1.74 bits per heavy atom. The number of fused-ring (bicyclic) bond motifs is 2. The number of anilines is 3. The van der Waals surface area contributed by atoms with Crippen LogP contribution in [0.25, 0.3) is 32.9 Å². The smallest absolute Gasteiger partial charge is 0.323 e. The molecule has 2 amide bonds. The number of nitrogens with zero attached hydrogens (tertiary/aromatic N) is 3. The number of hydrogen-bond acceptors (Lipinski definition) is 5. The standard InChI is InChI=1S/C25H19FN6O2/c1-32-22-16(13-28-24(27)31-22)11-18(23(32)33)15-9-10-19(26)21(12-15)30-25(34)29-20-8-4-6-14-5-2-3-7-17(14)20/h2-13H,1H3,(H2,27,28,31)(H2,29,30,34). The summed E-state index contributed by atoms with van der Waals surface area (Å²) in [6.45, 7) is 0. The number of nitrogens with two attached hydrogens (primary N) is 1. The minimum absolute atomic E-state index is 0.0562. The van der Waals surface area contributed by atoms with Crippen molar-refractivity contribution in [3.8, 4) is 11.1 Å². The lowest BCUT2D eigenvalue weighted by molar-refractivity contribution is 0.262. The van der Waals surface area contributed by atoms with Crippen LogP contribution in [0.2, 0.25) is 0 Å². The van der Waals surface area contributed by atoms with E-state index in [0.29, 0.717) is 27.8 Å². The van der Waals surface area contributed by atoms with Gasteiger partial charge in [0.25, 0.3) is 5.56 Å². The third-order valence-corrected chi connectivity index (χ3v) is 5.53. The van der Waals surface area contributed by atoms with Gasteiger partial charge in [0, 0.05) is 29.6 Å². The van der Waals surface area contributed by atoms with Gasteiger partial charge in [0.1, 0.15) is 11.5 Å². The Bertz CT molecular complexity index is 1640. The average molecular weight is 454 g/mol. The molecule has 5 rings (SSSR count).